The van der Waals surface area contributed by atoms with Gasteiger partial charge in [0.15, 0.2) is 16.1 Å². The third-order valence-corrected chi connectivity index (χ3v) is 28.6. The van der Waals surface area contributed by atoms with Gasteiger partial charge in [-0.3, -0.25) is 4.90 Å². The molecule has 2 heterocycles. The molecule has 0 amide bonds. The van der Waals surface area contributed by atoms with Crippen molar-refractivity contribution in [3.8, 4) is 22.5 Å². The summed E-state index contributed by atoms with van der Waals surface area (Å²) in [4.78, 5) is 14.2. The SMILES string of the molecule is c1ccc([Si](c2ccccc2)(c2ccccc2)c2ccc(-c3cc(-c4ccccc4[Si](c4ccccc4)(c4ccccc4)c4ccccc4)nc(N4c5ccccc5C5(c6ccccc64)C4CC6CC(C4)CC5C6)n3)cc2)cc1. The largest absolute Gasteiger partial charge is 0.279 e. The van der Waals surface area contributed by atoms with Gasteiger partial charge in [-0.15, -0.1) is 0 Å². The first-order chi connectivity index (χ1) is 39.1. The van der Waals surface area contributed by atoms with Crippen LogP contribution in [-0.4, -0.2) is 26.1 Å². The van der Waals surface area contributed by atoms with E-state index < -0.39 is 16.1 Å². The summed E-state index contributed by atoms with van der Waals surface area (Å²) >= 11 is 0. The predicted octanol–water partition coefficient (Wildman–Crippen LogP) is 12.1. The average Bonchev–Trinajstić information content (AvgIpc) is 3.08. The molecule has 4 saturated carbocycles. The van der Waals surface area contributed by atoms with Crippen molar-refractivity contribution in [2.75, 3.05) is 4.90 Å². The summed E-state index contributed by atoms with van der Waals surface area (Å²) in [6, 6.07) is 107. The second-order valence-corrected chi connectivity index (χ2v) is 30.4. The zero-order chi connectivity index (χ0) is 52.4. The van der Waals surface area contributed by atoms with E-state index in [-0.39, 0.29) is 5.41 Å². The molecule has 79 heavy (non-hydrogen) atoms. The zero-order valence-electron chi connectivity index (χ0n) is 44.3. The van der Waals surface area contributed by atoms with Gasteiger partial charge in [-0.2, -0.15) is 0 Å². The van der Waals surface area contributed by atoms with E-state index in [1.807, 2.05) is 0 Å². The molecule has 5 heteroatoms. The Morgan fingerprint density at radius 2 is 0.684 bits per heavy atom. The van der Waals surface area contributed by atoms with Crippen molar-refractivity contribution in [2.45, 2.75) is 37.5 Å². The van der Waals surface area contributed by atoms with Crippen LogP contribution in [0.5, 0.6) is 0 Å². The van der Waals surface area contributed by atoms with E-state index in [1.54, 1.807) is 0 Å². The summed E-state index contributed by atoms with van der Waals surface area (Å²) in [5.41, 5.74) is 9.27. The third-order valence-electron chi connectivity index (χ3n) is 19.0. The van der Waals surface area contributed by atoms with Crippen molar-refractivity contribution < 1.29 is 0 Å². The lowest BCUT2D eigenvalue weighted by atomic mass is 9.41. The first-order valence-electron chi connectivity index (χ1n) is 28.6. The molecule has 0 N–H and O–H groups in total. The number of hydrogen-bond acceptors (Lipinski definition) is 3. The highest BCUT2D eigenvalue weighted by atomic mass is 28.3. The minimum Gasteiger partial charge on any atom is -0.279 e. The smallest absolute Gasteiger partial charge is 0.235 e. The molecule has 5 aliphatic rings. The van der Waals surface area contributed by atoms with Crippen LogP contribution in [-0.2, 0) is 5.41 Å². The van der Waals surface area contributed by atoms with Crippen LogP contribution in [0.3, 0.4) is 0 Å². The van der Waals surface area contributed by atoms with Crippen LogP contribution in [0.1, 0.15) is 43.2 Å². The molecular formula is C74H61N3Si2. The molecule has 1 aliphatic heterocycles. The second-order valence-electron chi connectivity index (χ2n) is 22.8. The van der Waals surface area contributed by atoms with E-state index in [0.717, 1.165) is 34.4 Å². The average molecular weight is 1050 g/mol. The van der Waals surface area contributed by atoms with Crippen LogP contribution in [0, 0.1) is 23.7 Å². The van der Waals surface area contributed by atoms with Gasteiger partial charge >= 0.3 is 0 Å². The number of aromatic nitrogens is 2. The Morgan fingerprint density at radius 3 is 1.13 bits per heavy atom. The summed E-state index contributed by atoms with van der Waals surface area (Å²) in [7, 11) is -5.83. The predicted molar refractivity (Wildman–Crippen MR) is 333 cm³/mol. The number of anilines is 3. The van der Waals surface area contributed by atoms with Crippen molar-refractivity contribution in [1.29, 1.82) is 0 Å². The number of para-hydroxylation sites is 2. The van der Waals surface area contributed by atoms with E-state index in [4.69, 9.17) is 9.97 Å². The van der Waals surface area contributed by atoms with Gasteiger partial charge in [0.2, 0.25) is 5.95 Å². The van der Waals surface area contributed by atoms with E-state index in [2.05, 4.69) is 290 Å². The van der Waals surface area contributed by atoms with E-state index in [0.29, 0.717) is 17.8 Å². The first-order valence-corrected chi connectivity index (χ1v) is 32.6. The van der Waals surface area contributed by atoms with Crippen LogP contribution < -0.4 is 46.4 Å². The zero-order valence-corrected chi connectivity index (χ0v) is 46.3. The van der Waals surface area contributed by atoms with Gasteiger partial charge in [-0.1, -0.05) is 267 Å². The van der Waals surface area contributed by atoms with E-state index >= 15 is 0 Å². The summed E-state index contributed by atoms with van der Waals surface area (Å²) in [6.45, 7) is 0. The van der Waals surface area contributed by atoms with E-state index in [1.165, 1.54) is 96.1 Å². The van der Waals surface area contributed by atoms with Crippen molar-refractivity contribution in [2.24, 2.45) is 23.7 Å². The maximum absolute atomic E-state index is 5.95. The minimum atomic E-state index is -3.03. The first kappa shape index (κ1) is 47.7. The third kappa shape index (κ3) is 7.43. The molecule has 10 aromatic carbocycles. The Balaban J connectivity index is 0.983. The summed E-state index contributed by atoms with van der Waals surface area (Å²) in [6.07, 6.45) is 6.69. The van der Waals surface area contributed by atoms with Gasteiger partial charge in [0.1, 0.15) is 0 Å². The van der Waals surface area contributed by atoms with Crippen molar-refractivity contribution >= 4 is 75.0 Å². The Labute approximate surface area is 467 Å². The molecule has 4 fully saturated rings. The molecule has 1 aromatic heterocycles. The molecule has 16 rings (SSSR count). The Morgan fingerprint density at radius 1 is 0.329 bits per heavy atom. The number of hydrogen-bond donors (Lipinski definition) is 0. The lowest BCUT2D eigenvalue weighted by Crippen LogP contribution is -2.75. The fourth-order valence-electron chi connectivity index (χ4n) is 16.2. The normalized spacial score (nSPS) is 18.7. The van der Waals surface area contributed by atoms with Gasteiger partial charge in [-0.05, 0) is 127 Å². The topological polar surface area (TPSA) is 29.0 Å². The minimum absolute atomic E-state index is 0.0428. The molecule has 0 saturated heterocycles. The quantitative estimate of drug-likeness (QED) is 0.0955. The van der Waals surface area contributed by atoms with Crippen molar-refractivity contribution in [3.05, 3.63) is 296 Å². The fraction of sp³-hybridized carbons (Fsp3) is 0.135. The molecule has 0 atom stereocenters. The summed E-state index contributed by atoms with van der Waals surface area (Å²) < 4.78 is 0. The van der Waals surface area contributed by atoms with Crippen molar-refractivity contribution in [1.82, 2.24) is 9.97 Å². The number of nitrogens with zero attached hydrogens (tertiary/aromatic N) is 3. The lowest BCUT2D eigenvalue weighted by Gasteiger charge is -2.64. The highest BCUT2D eigenvalue weighted by Gasteiger charge is 2.61. The lowest BCUT2D eigenvalue weighted by molar-refractivity contribution is -0.0419. The molecule has 0 radical (unpaired) electrons. The Bertz CT molecular complexity index is 3700. The molecular weight excluding hydrogens is 987 g/mol. The number of rotatable bonds is 11. The van der Waals surface area contributed by atoms with Crippen LogP contribution in [0.4, 0.5) is 17.3 Å². The van der Waals surface area contributed by atoms with Crippen LogP contribution >= 0.6 is 0 Å². The van der Waals surface area contributed by atoms with Crippen LogP contribution in [0.2, 0.25) is 0 Å². The highest BCUT2D eigenvalue weighted by Crippen LogP contribution is 2.69. The number of benzene rings is 10. The standard InChI is InChI=1S/C74H61N3Si2/c1-7-25-58(26-8-1)78(59-27-9-2-10-28-59,60-29-11-3-12-30-60)64-45-43-55(44-46-64)68-52-69(65-37-19-24-42-72(65)79(61-31-13-4-14-32-61,62-33-15-5-16-34-62)63-35-17-6-18-36-63)76-73(75-68)77-70-40-22-20-38-66(70)74(67-39-21-23-41-71(67)77)56-48-53-47-54(50-56)51-57(74)49-53/h1-46,52-54,56-57H,47-51H2. The summed E-state index contributed by atoms with van der Waals surface area (Å²) in [5, 5.41) is 10.7. The Hall–Kier alpha value is -8.49. The van der Waals surface area contributed by atoms with Crippen LogP contribution in [0.25, 0.3) is 22.5 Å². The van der Waals surface area contributed by atoms with Gasteiger partial charge in [0, 0.05) is 16.5 Å². The van der Waals surface area contributed by atoms with E-state index in [9.17, 15) is 0 Å². The molecule has 11 aromatic rings. The Kier molecular flexibility index (Phi) is 11.7. The van der Waals surface area contributed by atoms with Gasteiger partial charge < -0.3 is 0 Å². The molecule has 4 aliphatic carbocycles. The molecule has 1 spiro atoms. The van der Waals surface area contributed by atoms with Crippen LogP contribution in [0.15, 0.2) is 285 Å². The molecule has 380 valence electrons. The summed E-state index contributed by atoms with van der Waals surface area (Å²) in [5.74, 6) is 3.62. The van der Waals surface area contributed by atoms with Gasteiger partial charge in [0.05, 0.1) is 22.8 Å². The maximum atomic E-state index is 5.95. The fourth-order valence-corrected chi connectivity index (χ4v) is 25.9. The van der Waals surface area contributed by atoms with Crippen molar-refractivity contribution in [3.63, 3.8) is 0 Å². The monoisotopic (exact) mass is 1050 g/mol. The number of fused-ring (bicyclic) bond motifs is 2. The van der Waals surface area contributed by atoms with Gasteiger partial charge in [-0.25, -0.2) is 9.97 Å². The molecule has 3 nitrogen and oxygen atoms in total. The second kappa shape index (κ2) is 19.5. The highest BCUT2D eigenvalue weighted by molar-refractivity contribution is 7.20. The maximum Gasteiger partial charge on any atom is 0.235 e. The molecule has 0 unspecified atom stereocenters. The molecule has 4 bridgehead atoms. The van der Waals surface area contributed by atoms with Gasteiger partial charge in [0.25, 0.3) is 0 Å².